The molecule has 52 valence electrons. The molecule has 1 aliphatic heterocycles. The standard InChI is InChI=1S/C7H13NO/c1-3-7(2)6-8-4-5-9-7/h3,8H,1,4-6H2,2H3. The zero-order valence-electron chi connectivity index (χ0n) is 5.81. The van der Waals surface area contributed by atoms with Crippen LogP contribution in [0.25, 0.3) is 0 Å². The minimum Gasteiger partial charge on any atom is -0.369 e. The maximum absolute atomic E-state index is 5.43. The van der Waals surface area contributed by atoms with Gasteiger partial charge in [-0.25, -0.2) is 0 Å². The highest BCUT2D eigenvalue weighted by atomic mass is 16.5. The SMILES string of the molecule is C=CC1(C)CNCCO1. The van der Waals surface area contributed by atoms with E-state index in [0.29, 0.717) is 0 Å². The van der Waals surface area contributed by atoms with Crippen LogP contribution in [0.15, 0.2) is 12.7 Å². The van der Waals surface area contributed by atoms with Crippen molar-refractivity contribution in [1.82, 2.24) is 5.32 Å². The highest BCUT2D eigenvalue weighted by molar-refractivity contribution is 4.97. The van der Waals surface area contributed by atoms with Crippen LogP contribution in [-0.2, 0) is 4.74 Å². The van der Waals surface area contributed by atoms with Gasteiger partial charge in [-0.05, 0) is 6.92 Å². The van der Waals surface area contributed by atoms with Crippen molar-refractivity contribution in [2.75, 3.05) is 19.7 Å². The Morgan fingerprint density at radius 1 is 1.78 bits per heavy atom. The van der Waals surface area contributed by atoms with E-state index in [9.17, 15) is 0 Å². The average molecular weight is 127 g/mol. The summed E-state index contributed by atoms with van der Waals surface area (Å²) < 4.78 is 5.43. The molecular formula is C7H13NO. The molecule has 1 saturated heterocycles. The van der Waals surface area contributed by atoms with Crippen molar-refractivity contribution in [3.05, 3.63) is 12.7 Å². The third-order valence-corrected chi connectivity index (χ3v) is 1.62. The maximum Gasteiger partial charge on any atom is 0.0956 e. The fourth-order valence-electron chi connectivity index (χ4n) is 0.875. The van der Waals surface area contributed by atoms with Gasteiger partial charge in [-0.3, -0.25) is 0 Å². The molecule has 0 bridgehead atoms. The van der Waals surface area contributed by atoms with Gasteiger partial charge >= 0.3 is 0 Å². The normalized spacial score (nSPS) is 36.1. The van der Waals surface area contributed by atoms with Gasteiger partial charge in [-0.1, -0.05) is 6.08 Å². The Morgan fingerprint density at radius 3 is 2.89 bits per heavy atom. The van der Waals surface area contributed by atoms with Crippen LogP contribution in [0.4, 0.5) is 0 Å². The van der Waals surface area contributed by atoms with Crippen LogP contribution in [0.2, 0.25) is 0 Å². The lowest BCUT2D eigenvalue weighted by molar-refractivity contribution is -0.0167. The summed E-state index contributed by atoms with van der Waals surface area (Å²) in [6.07, 6.45) is 1.85. The molecule has 1 aliphatic rings. The lowest BCUT2D eigenvalue weighted by atomic mass is 10.1. The van der Waals surface area contributed by atoms with Crippen molar-refractivity contribution in [1.29, 1.82) is 0 Å². The van der Waals surface area contributed by atoms with Crippen molar-refractivity contribution in [2.45, 2.75) is 12.5 Å². The Kier molecular flexibility index (Phi) is 1.88. The monoisotopic (exact) mass is 127 g/mol. The molecular weight excluding hydrogens is 114 g/mol. The van der Waals surface area contributed by atoms with Crippen molar-refractivity contribution in [3.63, 3.8) is 0 Å². The smallest absolute Gasteiger partial charge is 0.0956 e. The van der Waals surface area contributed by atoms with E-state index >= 15 is 0 Å². The maximum atomic E-state index is 5.43. The molecule has 9 heavy (non-hydrogen) atoms. The van der Waals surface area contributed by atoms with Crippen LogP contribution in [0.1, 0.15) is 6.92 Å². The summed E-state index contributed by atoms with van der Waals surface area (Å²) in [6, 6.07) is 0. The van der Waals surface area contributed by atoms with E-state index in [1.807, 2.05) is 13.0 Å². The molecule has 0 aliphatic carbocycles. The van der Waals surface area contributed by atoms with E-state index in [1.165, 1.54) is 0 Å². The number of rotatable bonds is 1. The molecule has 0 radical (unpaired) electrons. The fourth-order valence-corrected chi connectivity index (χ4v) is 0.875. The first-order chi connectivity index (χ1) is 4.27. The van der Waals surface area contributed by atoms with Crippen molar-refractivity contribution in [3.8, 4) is 0 Å². The summed E-state index contributed by atoms with van der Waals surface area (Å²) >= 11 is 0. The second-order valence-electron chi connectivity index (χ2n) is 2.54. The van der Waals surface area contributed by atoms with Gasteiger partial charge in [0.15, 0.2) is 0 Å². The average Bonchev–Trinajstić information content (AvgIpc) is 1.90. The second kappa shape index (κ2) is 2.50. The second-order valence-corrected chi connectivity index (χ2v) is 2.54. The third kappa shape index (κ3) is 1.53. The molecule has 1 atom stereocenters. The molecule has 1 rings (SSSR count). The summed E-state index contributed by atoms with van der Waals surface area (Å²) in [4.78, 5) is 0. The Labute approximate surface area is 55.9 Å². The van der Waals surface area contributed by atoms with Gasteiger partial charge in [0.25, 0.3) is 0 Å². The minimum atomic E-state index is -0.127. The van der Waals surface area contributed by atoms with E-state index in [0.717, 1.165) is 19.7 Å². The van der Waals surface area contributed by atoms with Crippen LogP contribution in [0.3, 0.4) is 0 Å². The predicted octanol–water partition coefficient (Wildman–Crippen LogP) is 0.551. The van der Waals surface area contributed by atoms with E-state index in [-0.39, 0.29) is 5.60 Å². The van der Waals surface area contributed by atoms with Gasteiger partial charge in [-0.2, -0.15) is 0 Å². The summed E-state index contributed by atoms with van der Waals surface area (Å²) in [5, 5.41) is 3.23. The molecule has 1 N–H and O–H groups in total. The number of morpholine rings is 1. The Bertz CT molecular complexity index is 105. The topological polar surface area (TPSA) is 21.3 Å². The van der Waals surface area contributed by atoms with Crippen LogP contribution in [-0.4, -0.2) is 25.3 Å². The van der Waals surface area contributed by atoms with E-state index in [2.05, 4.69) is 11.9 Å². The number of hydrogen-bond donors (Lipinski definition) is 1. The molecule has 1 heterocycles. The van der Waals surface area contributed by atoms with Gasteiger partial charge < -0.3 is 10.1 Å². The summed E-state index contributed by atoms with van der Waals surface area (Å²) in [5.74, 6) is 0. The lowest BCUT2D eigenvalue weighted by Crippen LogP contribution is -2.46. The van der Waals surface area contributed by atoms with Crippen LogP contribution >= 0.6 is 0 Å². The summed E-state index contributed by atoms with van der Waals surface area (Å²) in [5.41, 5.74) is -0.127. The van der Waals surface area contributed by atoms with Crippen LogP contribution < -0.4 is 5.32 Å². The Morgan fingerprint density at radius 2 is 2.56 bits per heavy atom. The van der Waals surface area contributed by atoms with E-state index in [4.69, 9.17) is 4.74 Å². The van der Waals surface area contributed by atoms with Gasteiger partial charge in [-0.15, -0.1) is 6.58 Å². The molecule has 2 heteroatoms. The highest BCUT2D eigenvalue weighted by Crippen LogP contribution is 2.11. The molecule has 0 saturated carbocycles. The molecule has 1 fully saturated rings. The van der Waals surface area contributed by atoms with Gasteiger partial charge in [0.05, 0.1) is 12.2 Å². The summed E-state index contributed by atoms with van der Waals surface area (Å²) in [6.45, 7) is 8.37. The predicted molar refractivity (Wildman–Crippen MR) is 37.4 cm³/mol. The quantitative estimate of drug-likeness (QED) is 0.519. The molecule has 0 aromatic rings. The Balaban J connectivity index is 2.46. The van der Waals surface area contributed by atoms with Crippen molar-refractivity contribution in [2.24, 2.45) is 0 Å². The first-order valence-electron chi connectivity index (χ1n) is 3.25. The van der Waals surface area contributed by atoms with Crippen molar-refractivity contribution >= 4 is 0 Å². The third-order valence-electron chi connectivity index (χ3n) is 1.62. The first-order valence-corrected chi connectivity index (χ1v) is 3.25. The van der Waals surface area contributed by atoms with E-state index < -0.39 is 0 Å². The molecule has 0 aromatic carbocycles. The number of nitrogens with one attached hydrogen (secondary N) is 1. The fraction of sp³-hybridized carbons (Fsp3) is 0.714. The number of hydrogen-bond acceptors (Lipinski definition) is 2. The van der Waals surface area contributed by atoms with Gasteiger partial charge in [0.2, 0.25) is 0 Å². The van der Waals surface area contributed by atoms with Gasteiger partial charge in [0, 0.05) is 13.1 Å². The van der Waals surface area contributed by atoms with Crippen LogP contribution in [0.5, 0.6) is 0 Å². The molecule has 0 aromatic heterocycles. The lowest BCUT2D eigenvalue weighted by Gasteiger charge is -2.31. The molecule has 2 nitrogen and oxygen atoms in total. The zero-order valence-corrected chi connectivity index (χ0v) is 5.81. The minimum absolute atomic E-state index is 0.127. The molecule has 0 spiro atoms. The molecule has 0 amide bonds. The highest BCUT2D eigenvalue weighted by Gasteiger charge is 2.22. The zero-order chi connectivity index (χ0) is 6.74. The van der Waals surface area contributed by atoms with Crippen molar-refractivity contribution < 1.29 is 4.74 Å². The first kappa shape index (κ1) is 6.78. The summed E-state index contributed by atoms with van der Waals surface area (Å²) in [7, 11) is 0. The van der Waals surface area contributed by atoms with Gasteiger partial charge in [0.1, 0.15) is 0 Å². The largest absolute Gasteiger partial charge is 0.369 e. The Hall–Kier alpha value is -0.340. The molecule has 1 unspecified atom stereocenters. The van der Waals surface area contributed by atoms with E-state index in [1.54, 1.807) is 0 Å². The van der Waals surface area contributed by atoms with Crippen LogP contribution in [0, 0.1) is 0 Å². The number of ether oxygens (including phenoxy) is 1.